The number of amides is 1. The molecule has 2 aliphatic rings. The third-order valence-electron chi connectivity index (χ3n) is 3.94. The van der Waals surface area contributed by atoms with Crippen molar-refractivity contribution >= 4 is 11.8 Å². The molecule has 6 heteroatoms. The predicted molar refractivity (Wildman–Crippen MR) is 77.8 cm³/mol. The van der Waals surface area contributed by atoms with E-state index in [1.165, 1.54) is 18.9 Å². The summed E-state index contributed by atoms with van der Waals surface area (Å²) in [6, 6.07) is 1.43. The van der Waals surface area contributed by atoms with Crippen LogP contribution in [0.15, 0.2) is 20.3 Å². The molecule has 5 nitrogen and oxygen atoms in total. The molecule has 3 rings (SSSR count). The van der Waals surface area contributed by atoms with Gasteiger partial charge in [0, 0.05) is 6.07 Å². The first-order valence-corrected chi connectivity index (χ1v) is 7.64. The van der Waals surface area contributed by atoms with Gasteiger partial charge < -0.3 is 9.15 Å². The zero-order chi connectivity index (χ0) is 15.5. The van der Waals surface area contributed by atoms with Gasteiger partial charge >= 0.3 is 5.63 Å². The Bertz CT molecular complexity index is 661. The molecule has 2 heterocycles. The maximum Gasteiger partial charge on any atom is 0.336 e. The van der Waals surface area contributed by atoms with Crippen LogP contribution in [0.3, 0.4) is 0 Å². The summed E-state index contributed by atoms with van der Waals surface area (Å²) in [5.41, 5.74) is 0.861. The van der Waals surface area contributed by atoms with Gasteiger partial charge in [0.05, 0.1) is 12.0 Å². The first kappa shape index (κ1) is 14.9. The number of fused-ring (bicyclic) bond motifs is 1. The fourth-order valence-electron chi connectivity index (χ4n) is 2.75. The Labute approximate surface area is 127 Å². The predicted octanol–water partition coefficient (Wildman–Crippen LogP) is 2.19. The van der Waals surface area contributed by atoms with Crippen molar-refractivity contribution in [1.82, 2.24) is 0 Å². The van der Waals surface area contributed by atoms with Crippen LogP contribution >= 0.6 is 0 Å². The smallest absolute Gasteiger partial charge is 0.336 e. The van der Waals surface area contributed by atoms with Crippen molar-refractivity contribution in [3.63, 3.8) is 0 Å². The van der Waals surface area contributed by atoms with Gasteiger partial charge in [0.1, 0.15) is 19.0 Å². The molecule has 22 heavy (non-hydrogen) atoms. The molecule has 118 valence electrons. The summed E-state index contributed by atoms with van der Waals surface area (Å²) >= 11 is 0. The fraction of sp³-hybridized carbons (Fsp3) is 0.562. The minimum absolute atomic E-state index is 0.0521. The molecule has 1 aromatic heterocycles. The van der Waals surface area contributed by atoms with Crippen LogP contribution in [0.1, 0.15) is 42.6 Å². The number of hydrogen-bond acceptors (Lipinski definition) is 4. The van der Waals surface area contributed by atoms with Crippen LogP contribution in [-0.2, 0) is 22.4 Å². The number of hydrogen-bond donors (Lipinski definition) is 0. The van der Waals surface area contributed by atoms with E-state index in [0.717, 1.165) is 24.3 Å². The average molecular weight is 307 g/mol. The molecule has 1 aromatic rings. The maximum absolute atomic E-state index is 12.3. The van der Waals surface area contributed by atoms with Crippen LogP contribution in [0, 0.1) is 5.92 Å². The van der Waals surface area contributed by atoms with Crippen LogP contribution in [0.4, 0.5) is 4.39 Å². The molecule has 0 atom stereocenters. The molecular formula is C16H18FNO4. The van der Waals surface area contributed by atoms with Gasteiger partial charge in [-0.15, -0.1) is 0 Å². The first-order chi connectivity index (χ1) is 10.7. The molecule has 1 saturated carbocycles. The quantitative estimate of drug-likeness (QED) is 0.808. The van der Waals surface area contributed by atoms with Crippen molar-refractivity contribution in [2.45, 2.75) is 38.5 Å². The van der Waals surface area contributed by atoms with E-state index in [1.807, 2.05) is 0 Å². The zero-order valence-corrected chi connectivity index (χ0v) is 12.3. The van der Waals surface area contributed by atoms with Gasteiger partial charge in [0.25, 0.3) is 5.91 Å². The SMILES string of the molecule is O=C1Cc2oc(=O)cc(CCCC3CC3)c2C(OCCF)=N1. The number of aliphatic imine (C=N–C) groups is 1. The molecule has 0 aromatic carbocycles. The van der Waals surface area contributed by atoms with E-state index in [4.69, 9.17) is 9.15 Å². The van der Waals surface area contributed by atoms with Crippen molar-refractivity contribution < 1.29 is 18.3 Å². The second-order valence-corrected chi connectivity index (χ2v) is 5.75. The standard InChI is InChI=1S/C16H18FNO4/c17-6-7-21-16-15-11(3-1-2-10-4-5-10)8-14(20)22-12(15)9-13(19)18-16/h8,10H,1-7,9H2. The zero-order valence-electron chi connectivity index (χ0n) is 12.3. The fourth-order valence-corrected chi connectivity index (χ4v) is 2.75. The van der Waals surface area contributed by atoms with Gasteiger partial charge in [-0.25, -0.2) is 9.18 Å². The van der Waals surface area contributed by atoms with Crippen LogP contribution in [0.2, 0.25) is 0 Å². The molecule has 1 aliphatic heterocycles. The van der Waals surface area contributed by atoms with Crippen LogP contribution in [-0.4, -0.2) is 25.1 Å². The summed E-state index contributed by atoms with van der Waals surface area (Å²) < 4.78 is 22.7. The minimum Gasteiger partial charge on any atom is -0.474 e. The largest absolute Gasteiger partial charge is 0.474 e. The third-order valence-corrected chi connectivity index (χ3v) is 3.94. The summed E-state index contributed by atoms with van der Waals surface area (Å²) in [6.45, 7) is -0.845. The normalized spacial score (nSPS) is 17.1. The highest BCUT2D eigenvalue weighted by molar-refractivity contribution is 6.06. The number of carbonyl (C=O) groups is 1. The van der Waals surface area contributed by atoms with Crippen molar-refractivity contribution in [2.24, 2.45) is 10.9 Å². The Morgan fingerprint density at radius 3 is 2.91 bits per heavy atom. The van der Waals surface area contributed by atoms with Gasteiger partial charge in [-0.05, 0) is 24.3 Å². The summed E-state index contributed by atoms with van der Waals surface area (Å²) in [7, 11) is 0. The van der Waals surface area contributed by atoms with Crippen molar-refractivity contribution in [3.05, 3.63) is 33.4 Å². The summed E-state index contributed by atoms with van der Waals surface area (Å²) in [4.78, 5) is 27.1. The average Bonchev–Trinajstić information content (AvgIpc) is 3.28. The number of nitrogens with zero attached hydrogens (tertiary/aromatic N) is 1. The number of alkyl halides is 1. The molecule has 1 aliphatic carbocycles. The summed E-state index contributed by atoms with van der Waals surface area (Å²) in [6.07, 6.45) is 5.32. The lowest BCUT2D eigenvalue weighted by molar-refractivity contribution is -0.117. The van der Waals surface area contributed by atoms with E-state index in [2.05, 4.69) is 4.99 Å². The number of halogens is 1. The van der Waals surface area contributed by atoms with Gasteiger partial charge in [0.15, 0.2) is 0 Å². The van der Waals surface area contributed by atoms with Crippen molar-refractivity contribution in [1.29, 1.82) is 0 Å². The molecule has 0 bridgehead atoms. The number of ether oxygens (including phenoxy) is 1. The number of aryl methyl sites for hydroxylation is 1. The van der Waals surface area contributed by atoms with Gasteiger partial charge in [0.2, 0.25) is 5.90 Å². The Kier molecular flexibility index (Phi) is 4.36. The van der Waals surface area contributed by atoms with Gasteiger partial charge in [-0.3, -0.25) is 4.79 Å². The van der Waals surface area contributed by atoms with E-state index >= 15 is 0 Å². The number of rotatable bonds is 6. The summed E-state index contributed by atoms with van der Waals surface area (Å²) in [5.74, 6) is 0.727. The maximum atomic E-state index is 12.3. The lowest BCUT2D eigenvalue weighted by Gasteiger charge is -2.17. The van der Waals surface area contributed by atoms with Crippen LogP contribution in [0.25, 0.3) is 0 Å². The van der Waals surface area contributed by atoms with E-state index in [1.54, 1.807) is 0 Å². The topological polar surface area (TPSA) is 68.9 Å². The molecule has 0 saturated heterocycles. The van der Waals surface area contributed by atoms with Crippen molar-refractivity contribution in [2.75, 3.05) is 13.3 Å². The van der Waals surface area contributed by atoms with Gasteiger partial charge in [-0.2, -0.15) is 4.99 Å². The molecule has 0 radical (unpaired) electrons. The van der Waals surface area contributed by atoms with E-state index in [9.17, 15) is 14.0 Å². The third kappa shape index (κ3) is 3.43. The molecule has 1 amide bonds. The Morgan fingerprint density at radius 1 is 1.36 bits per heavy atom. The van der Waals surface area contributed by atoms with E-state index < -0.39 is 18.2 Å². The van der Waals surface area contributed by atoms with E-state index in [0.29, 0.717) is 12.0 Å². The summed E-state index contributed by atoms with van der Waals surface area (Å²) in [5, 5.41) is 0. The molecule has 0 N–H and O–H groups in total. The lowest BCUT2D eigenvalue weighted by atomic mass is 9.98. The Balaban J connectivity index is 1.87. The highest BCUT2D eigenvalue weighted by Crippen LogP contribution is 2.34. The monoisotopic (exact) mass is 307 g/mol. The minimum atomic E-state index is -0.670. The molecule has 1 fully saturated rings. The number of carbonyl (C=O) groups excluding carboxylic acids is 1. The molecular weight excluding hydrogens is 289 g/mol. The van der Waals surface area contributed by atoms with Crippen LogP contribution < -0.4 is 5.63 Å². The highest BCUT2D eigenvalue weighted by Gasteiger charge is 2.27. The van der Waals surface area contributed by atoms with Crippen molar-refractivity contribution in [3.8, 4) is 0 Å². The van der Waals surface area contributed by atoms with Gasteiger partial charge in [-0.1, -0.05) is 19.3 Å². The second-order valence-electron chi connectivity index (χ2n) is 5.75. The molecule has 0 unspecified atom stereocenters. The second kappa shape index (κ2) is 6.42. The first-order valence-electron chi connectivity index (χ1n) is 7.64. The van der Waals surface area contributed by atoms with Crippen LogP contribution in [0.5, 0.6) is 0 Å². The Morgan fingerprint density at radius 2 is 2.18 bits per heavy atom. The Hall–Kier alpha value is -1.98. The van der Waals surface area contributed by atoms with E-state index in [-0.39, 0.29) is 24.7 Å². The highest BCUT2D eigenvalue weighted by atomic mass is 19.1. The lowest BCUT2D eigenvalue weighted by Crippen LogP contribution is -2.24. The molecule has 0 spiro atoms.